The van der Waals surface area contributed by atoms with Gasteiger partial charge in [-0.2, -0.15) is 0 Å². The van der Waals surface area contributed by atoms with Crippen molar-refractivity contribution in [3.05, 3.63) is 71.2 Å². The van der Waals surface area contributed by atoms with Crippen molar-refractivity contribution in [2.75, 3.05) is 18.5 Å². The van der Waals surface area contributed by atoms with Crippen LogP contribution in [-0.4, -0.2) is 25.0 Å². The zero-order chi connectivity index (χ0) is 18.8. The van der Waals surface area contributed by atoms with Crippen molar-refractivity contribution in [2.24, 2.45) is 0 Å². The molecule has 2 aromatic carbocycles. The van der Waals surface area contributed by atoms with Crippen LogP contribution in [0.2, 0.25) is 0 Å². The molecule has 2 amide bonds. The number of rotatable bonds is 9. The lowest BCUT2D eigenvalue weighted by Crippen LogP contribution is -2.25. The Balaban J connectivity index is 1.82. The number of carbonyl (C=O) groups excluding carboxylic acids is 2. The molecule has 2 rings (SSSR count). The second-order valence-electron chi connectivity index (χ2n) is 5.50. The number of hydrogen-bond donors (Lipinski definition) is 2. The Morgan fingerprint density at radius 1 is 1.15 bits per heavy atom. The van der Waals surface area contributed by atoms with E-state index in [1.807, 2.05) is 24.3 Å². The van der Waals surface area contributed by atoms with Crippen LogP contribution >= 0.6 is 15.9 Å². The second-order valence-corrected chi connectivity index (χ2v) is 6.42. The lowest BCUT2D eigenvalue weighted by atomic mass is 10.1. The van der Waals surface area contributed by atoms with Crippen molar-refractivity contribution in [3.8, 4) is 5.75 Å². The molecule has 136 valence electrons. The Bertz CT molecular complexity index is 777. The zero-order valence-electron chi connectivity index (χ0n) is 14.3. The highest BCUT2D eigenvalue weighted by Gasteiger charge is 2.12. The zero-order valence-corrected chi connectivity index (χ0v) is 15.9. The topological polar surface area (TPSA) is 67.4 Å². The molecule has 0 unspecified atom stereocenters. The molecular formula is C20H21BrN2O3. The number of amides is 2. The SMILES string of the molecule is C=CCNC(=O)c1ccccc1NC(=O)CCCOc1cccc(Br)c1. The van der Waals surface area contributed by atoms with Gasteiger partial charge in [0.25, 0.3) is 5.91 Å². The maximum absolute atomic E-state index is 12.1. The smallest absolute Gasteiger partial charge is 0.253 e. The predicted molar refractivity (Wildman–Crippen MR) is 106 cm³/mol. The number of halogens is 1. The first-order chi connectivity index (χ1) is 12.6. The Hall–Kier alpha value is -2.60. The van der Waals surface area contributed by atoms with Gasteiger partial charge in [-0.05, 0) is 36.8 Å². The van der Waals surface area contributed by atoms with Gasteiger partial charge >= 0.3 is 0 Å². The average Bonchev–Trinajstić information content (AvgIpc) is 2.64. The van der Waals surface area contributed by atoms with Crippen LogP contribution in [0.15, 0.2) is 65.7 Å². The molecule has 0 aromatic heterocycles. The molecule has 0 aliphatic carbocycles. The summed E-state index contributed by atoms with van der Waals surface area (Å²) in [6.45, 7) is 4.37. The summed E-state index contributed by atoms with van der Waals surface area (Å²) in [4.78, 5) is 24.3. The number of benzene rings is 2. The summed E-state index contributed by atoms with van der Waals surface area (Å²) in [5, 5.41) is 5.49. The van der Waals surface area contributed by atoms with Gasteiger partial charge in [0.1, 0.15) is 5.75 Å². The fraction of sp³-hybridized carbons (Fsp3) is 0.200. The summed E-state index contributed by atoms with van der Waals surface area (Å²) in [6, 6.07) is 14.5. The third-order valence-electron chi connectivity index (χ3n) is 3.47. The molecule has 2 N–H and O–H groups in total. The van der Waals surface area contributed by atoms with E-state index in [2.05, 4.69) is 33.1 Å². The number of hydrogen-bond acceptors (Lipinski definition) is 3. The van der Waals surface area contributed by atoms with Crippen molar-refractivity contribution >= 4 is 33.4 Å². The van der Waals surface area contributed by atoms with E-state index in [-0.39, 0.29) is 11.8 Å². The maximum atomic E-state index is 12.1. The molecule has 0 spiro atoms. The van der Waals surface area contributed by atoms with Gasteiger partial charge in [0.2, 0.25) is 5.91 Å². The molecule has 0 atom stereocenters. The van der Waals surface area contributed by atoms with Gasteiger partial charge in [0, 0.05) is 17.4 Å². The Morgan fingerprint density at radius 3 is 2.73 bits per heavy atom. The molecule has 0 bridgehead atoms. The lowest BCUT2D eigenvalue weighted by Gasteiger charge is -2.11. The molecule has 5 nitrogen and oxygen atoms in total. The largest absolute Gasteiger partial charge is 0.494 e. The molecule has 0 aliphatic heterocycles. The number of para-hydroxylation sites is 1. The van der Waals surface area contributed by atoms with Crippen molar-refractivity contribution in [3.63, 3.8) is 0 Å². The molecule has 0 aliphatic rings. The quantitative estimate of drug-likeness (QED) is 0.476. The Labute approximate surface area is 161 Å². The molecule has 0 radical (unpaired) electrons. The minimum absolute atomic E-state index is 0.160. The van der Waals surface area contributed by atoms with E-state index in [0.29, 0.717) is 37.2 Å². The Kier molecular flexibility index (Phi) is 7.89. The third kappa shape index (κ3) is 6.37. The van der Waals surface area contributed by atoms with Crippen LogP contribution in [0.4, 0.5) is 5.69 Å². The predicted octanol–water partition coefficient (Wildman–Crippen LogP) is 4.16. The molecule has 26 heavy (non-hydrogen) atoms. The van der Waals surface area contributed by atoms with Gasteiger partial charge in [0.15, 0.2) is 0 Å². The van der Waals surface area contributed by atoms with Crippen molar-refractivity contribution in [2.45, 2.75) is 12.8 Å². The van der Waals surface area contributed by atoms with E-state index < -0.39 is 0 Å². The number of anilines is 1. The highest BCUT2D eigenvalue weighted by atomic mass is 79.9. The van der Waals surface area contributed by atoms with E-state index in [0.717, 1.165) is 10.2 Å². The summed E-state index contributed by atoms with van der Waals surface area (Å²) in [5.74, 6) is 0.342. The summed E-state index contributed by atoms with van der Waals surface area (Å²) in [5.41, 5.74) is 0.917. The van der Waals surface area contributed by atoms with Gasteiger partial charge in [-0.3, -0.25) is 9.59 Å². The van der Waals surface area contributed by atoms with E-state index in [1.165, 1.54) is 0 Å². The lowest BCUT2D eigenvalue weighted by molar-refractivity contribution is -0.116. The van der Waals surface area contributed by atoms with E-state index in [1.54, 1.807) is 30.3 Å². The normalized spacial score (nSPS) is 10.0. The van der Waals surface area contributed by atoms with Crippen molar-refractivity contribution in [1.29, 1.82) is 0 Å². The van der Waals surface area contributed by atoms with Crippen LogP contribution in [0.3, 0.4) is 0 Å². The van der Waals surface area contributed by atoms with Gasteiger partial charge in [0.05, 0.1) is 17.9 Å². The summed E-state index contributed by atoms with van der Waals surface area (Å²) < 4.78 is 6.55. The third-order valence-corrected chi connectivity index (χ3v) is 3.96. The first kappa shape index (κ1) is 19.7. The summed E-state index contributed by atoms with van der Waals surface area (Å²) in [6.07, 6.45) is 2.48. The molecule has 0 saturated carbocycles. The average molecular weight is 417 g/mol. The van der Waals surface area contributed by atoms with E-state index >= 15 is 0 Å². The van der Waals surface area contributed by atoms with Crippen molar-refractivity contribution in [1.82, 2.24) is 5.32 Å². The van der Waals surface area contributed by atoms with Crippen LogP contribution < -0.4 is 15.4 Å². The van der Waals surface area contributed by atoms with Crippen LogP contribution in [0.25, 0.3) is 0 Å². The number of carbonyl (C=O) groups is 2. The molecule has 0 fully saturated rings. The highest BCUT2D eigenvalue weighted by Crippen LogP contribution is 2.18. The number of nitrogens with one attached hydrogen (secondary N) is 2. The molecule has 2 aromatic rings. The van der Waals surface area contributed by atoms with Gasteiger partial charge < -0.3 is 15.4 Å². The fourth-order valence-electron chi connectivity index (χ4n) is 2.24. The van der Waals surface area contributed by atoms with Crippen LogP contribution in [0.1, 0.15) is 23.2 Å². The molecule has 0 saturated heterocycles. The standard InChI is InChI=1S/C20H21BrN2O3/c1-2-12-22-20(25)17-9-3-4-10-18(17)23-19(24)11-6-13-26-16-8-5-7-15(21)14-16/h2-5,7-10,14H,1,6,11-13H2,(H,22,25)(H,23,24). The molecular weight excluding hydrogens is 396 g/mol. The van der Waals surface area contributed by atoms with Gasteiger partial charge in [-0.15, -0.1) is 6.58 Å². The van der Waals surface area contributed by atoms with E-state index in [4.69, 9.17) is 4.74 Å². The van der Waals surface area contributed by atoms with Crippen LogP contribution in [0.5, 0.6) is 5.75 Å². The minimum Gasteiger partial charge on any atom is -0.494 e. The van der Waals surface area contributed by atoms with Crippen molar-refractivity contribution < 1.29 is 14.3 Å². The van der Waals surface area contributed by atoms with Gasteiger partial charge in [-0.1, -0.05) is 40.2 Å². The monoisotopic (exact) mass is 416 g/mol. The maximum Gasteiger partial charge on any atom is 0.253 e. The van der Waals surface area contributed by atoms with Crippen LogP contribution in [0, 0.1) is 0 Å². The first-order valence-electron chi connectivity index (χ1n) is 8.26. The molecule has 6 heteroatoms. The van der Waals surface area contributed by atoms with Crippen LogP contribution in [-0.2, 0) is 4.79 Å². The number of ether oxygens (including phenoxy) is 1. The van der Waals surface area contributed by atoms with Gasteiger partial charge in [-0.25, -0.2) is 0 Å². The highest BCUT2D eigenvalue weighted by molar-refractivity contribution is 9.10. The fourth-order valence-corrected chi connectivity index (χ4v) is 2.62. The van der Waals surface area contributed by atoms with E-state index in [9.17, 15) is 9.59 Å². The minimum atomic E-state index is -0.251. The first-order valence-corrected chi connectivity index (χ1v) is 9.06. The summed E-state index contributed by atoms with van der Waals surface area (Å²) in [7, 11) is 0. The Morgan fingerprint density at radius 2 is 1.96 bits per heavy atom. The second kappa shape index (κ2) is 10.4. The summed E-state index contributed by atoms with van der Waals surface area (Å²) >= 11 is 3.38. The molecule has 0 heterocycles.